The first kappa shape index (κ1) is 12.4. The first-order valence-corrected chi connectivity index (χ1v) is 7.16. The summed E-state index contributed by atoms with van der Waals surface area (Å²) < 4.78 is 1.10. The Morgan fingerprint density at radius 2 is 2.11 bits per heavy atom. The maximum absolute atomic E-state index is 3.52. The largest absolute Gasteiger partial charge is 0.388 e. The molecule has 0 aromatic heterocycles. The molecule has 98 valence electrons. The van der Waals surface area contributed by atoms with E-state index in [2.05, 4.69) is 73.9 Å². The lowest BCUT2D eigenvalue weighted by Gasteiger charge is -2.32. The number of hydrogen-bond acceptors (Lipinski definition) is 3. The van der Waals surface area contributed by atoms with Gasteiger partial charge < -0.3 is 15.5 Å². The SMILES string of the molecule is CNc1cccc(N2CCNc3cc(Br)ccc32)c1. The summed E-state index contributed by atoms with van der Waals surface area (Å²) in [5.41, 5.74) is 4.75. The number of hydrogen-bond donors (Lipinski definition) is 2. The number of nitrogens with one attached hydrogen (secondary N) is 2. The Kier molecular flexibility index (Phi) is 3.34. The van der Waals surface area contributed by atoms with Crippen molar-refractivity contribution in [3.05, 3.63) is 46.9 Å². The Labute approximate surface area is 121 Å². The van der Waals surface area contributed by atoms with Crippen molar-refractivity contribution in [2.45, 2.75) is 0 Å². The first-order chi connectivity index (χ1) is 9.28. The smallest absolute Gasteiger partial charge is 0.0647 e. The average Bonchev–Trinajstić information content (AvgIpc) is 2.46. The summed E-state index contributed by atoms with van der Waals surface area (Å²) >= 11 is 3.52. The van der Waals surface area contributed by atoms with E-state index in [1.165, 1.54) is 17.1 Å². The van der Waals surface area contributed by atoms with E-state index in [-0.39, 0.29) is 0 Å². The molecule has 0 radical (unpaired) electrons. The van der Waals surface area contributed by atoms with Gasteiger partial charge in [0.05, 0.1) is 11.4 Å². The highest BCUT2D eigenvalue weighted by molar-refractivity contribution is 9.10. The van der Waals surface area contributed by atoms with Crippen molar-refractivity contribution < 1.29 is 0 Å². The average molecular weight is 318 g/mol. The standard InChI is InChI=1S/C15H16BrN3/c1-17-12-3-2-4-13(10-12)19-8-7-18-14-9-11(16)5-6-15(14)19/h2-6,9-10,17-18H,7-8H2,1H3. The molecule has 0 unspecified atom stereocenters. The maximum Gasteiger partial charge on any atom is 0.0647 e. The van der Waals surface area contributed by atoms with Gasteiger partial charge in [-0.05, 0) is 36.4 Å². The van der Waals surface area contributed by atoms with E-state index in [1.54, 1.807) is 0 Å². The Morgan fingerprint density at radius 1 is 1.21 bits per heavy atom. The molecule has 19 heavy (non-hydrogen) atoms. The minimum absolute atomic E-state index is 0.952. The molecule has 3 rings (SSSR count). The van der Waals surface area contributed by atoms with Gasteiger partial charge in [-0.1, -0.05) is 22.0 Å². The van der Waals surface area contributed by atoms with Crippen LogP contribution in [0.5, 0.6) is 0 Å². The summed E-state index contributed by atoms with van der Waals surface area (Å²) in [7, 11) is 1.95. The lowest BCUT2D eigenvalue weighted by Crippen LogP contribution is -2.30. The predicted octanol–water partition coefficient (Wildman–Crippen LogP) is 4.05. The second-order valence-electron chi connectivity index (χ2n) is 4.54. The van der Waals surface area contributed by atoms with Crippen molar-refractivity contribution in [1.82, 2.24) is 0 Å². The van der Waals surface area contributed by atoms with Crippen molar-refractivity contribution in [2.75, 3.05) is 35.7 Å². The third-order valence-corrected chi connectivity index (χ3v) is 3.84. The van der Waals surface area contributed by atoms with Crippen molar-refractivity contribution >= 4 is 38.7 Å². The first-order valence-electron chi connectivity index (χ1n) is 6.37. The van der Waals surface area contributed by atoms with Crippen LogP contribution in [0.15, 0.2) is 46.9 Å². The van der Waals surface area contributed by atoms with Gasteiger partial charge in [-0.3, -0.25) is 0 Å². The zero-order valence-electron chi connectivity index (χ0n) is 10.8. The molecular weight excluding hydrogens is 302 g/mol. The second kappa shape index (κ2) is 5.13. The Morgan fingerprint density at radius 3 is 2.95 bits per heavy atom. The van der Waals surface area contributed by atoms with Gasteiger partial charge in [0.15, 0.2) is 0 Å². The molecule has 2 N–H and O–H groups in total. The van der Waals surface area contributed by atoms with Gasteiger partial charge in [0.25, 0.3) is 0 Å². The highest BCUT2D eigenvalue weighted by atomic mass is 79.9. The van der Waals surface area contributed by atoms with Gasteiger partial charge in [-0.15, -0.1) is 0 Å². The van der Waals surface area contributed by atoms with Crippen molar-refractivity contribution in [2.24, 2.45) is 0 Å². The van der Waals surface area contributed by atoms with E-state index < -0.39 is 0 Å². The van der Waals surface area contributed by atoms with Crippen LogP contribution in [0.2, 0.25) is 0 Å². The molecule has 0 aliphatic carbocycles. The number of nitrogens with zero attached hydrogens (tertiary/aromatic N) is 1. The molecule has 0 fully saturated rings. The minimum Gasteiger partial charge on any atom is -0.388 e. The number of fused-ring (bicyclic) bond motifs is 1. The summed E-state index contributed by atoms with van der Waals surface area (Å²) in [6.45, 7) is 1.93. The lowest BCUT2D eigenvalue weighted by molar-refractivity contribution is 0.926. The number of benzene rings is 2. The lowest BCUT2D eigenvalue weighted by atomic mass is 10.1. The van der Waals surface area contributed by atoms with Crippen LogP contribution in [0, 0.1) is 0 Å². The summed E-state index contributed by atoms with van der Waals surface area (Å²) in [5, 5.41) is 6.63. The van der Waals surface area contributed by atoms with Crippen LogP contribution in [-0.4, -0.2) is 20.1 Å². The number of halogens is 1. The molecule has 0 spiro atoms. The molecule has 4 heteroatoms. The molecule has 0 saturated carbocycles. The third kappa shape index (κ3) is 2.40. The Hall–Kier alpha value is -1.68. The molecule has 1 aliphatic heterocycles. The molecular formula is C15H16BrN3. The highest BCUT2D eigenvalue weighted by Gasteiger charge is 2.18. The fraction of sp³-hybridized carbons (Fsp3) is 0.200. The van der Waals surface area contributed by atoms with E-state index in [0.717, 1.165) is 23.2 Å². The van der Waals surface area contributed by atoms with Gasteiger partial charge in [-0.25, -0.2) is 0 Å². The quantitative estimate of drug-likeness (QED) is 0.874. The predicted molar refractivity (Wildman–Crippen MR) is 85.6 cm³/mol. The summed E-state index contributed by atoms with van der Waals surface area (Å²) in [6.07, 6.45) is 0. The normalized spacial score (nSPS) is 13.7. The Balaban J connectivity index is 2.03. The highest BCUT2D eigenvalue weighted by Crippen LogP contribution is 2.36. The van der Waals surface area contributed by atoms with Crippen LogP contribution < -0.4 is 15.5 Å². The zero-order valence-corrected chi connectivity index (χ0v) is 12.4. The van der Waals surface area contributed by atoms with Gasteiger partial charge in [-0.2, -0.15) is 0 Å². The monoisotopic (exact) mass is 317 g/mol. The summed E-state index contributed by atoms with van der Waals surface area (Å²) in [5.74, 6) is 0. The number of anilines is 4. The van der Waals surface area contributed by atoms with Crippen LogP contribution >= 0.6 is 15.9 Å². The van der Waals surface area contributed by atoms with Crippen LogP contribution in [0.25, 0.3) is 0 Å². The second-order valence-corrected chi connectivity index (χ2v) is 5.46. The van der Waals surface area contributed by atoms with Crippen molar-refractivity contribution in [3.63, 3.8) is 0 Å². The molecule has 0 amide bonds. The molecule has 1 aliphatic rings. The van der Waals surface area contributed by atoms with E-state index in [1.807, 2.05) is 7.05 Å². The topological polar surface area (TPSA) is 27.3 Å². The minimum atomic E-state index is 0.952. The van der Waals surface area contributed by atoms with Crippen molar-refractivity contribution in [3.8, 4) is 0 Å². The van der Waals surface area contributed by atoms with E-state index in [4.69, 9.17) is 0 Å². The maximum atomic E-state index is 3.52. The zero-order chi connectivity index (χ0) is 13.2. The van der Waals surface area contributed by atoms with E-state index in [9.17, 15) is 0 Å². The summed E-state index contributed by atoms with van der Waals surface area (Å²) in [6, 6.07) is 14.9. The van der Waals surface area contributed by atoms with Gasteiger partial charge >= 0.3 is 0 Å². The molecule has 3 nitrogen and oxygen atoms in total. The molecule has 2 aromatic carbocycles. The molecule has 1 heterocycles. The van der Waals surface area contributed by atoms with Gasteiger partial charge in [0.1, 0.15) is 0 Å². The van der Waals surface area contributed by atoms with Crippen LogP contribution in [0.4, 0.5) is 22.7 Å². The fourth-order valence-corrected chi connectivity index (χ4v) is 2.77. The van der Waals surface area contributed by atoms with E-state index in [0.29, 0.717) is 0 Å². The van der Waals surface area contributed by atoms with Crippen LogP contribution in [0.3, 0.4) is 0 Å². The molecule has 0 bridgehead atoms. The van der Waals surface area contributed by atoms with Crippen LogP contribution in [-0.2, 0) is 0 Å². The van der Waals surface area contributed by atoms with Crippen molar-refractivity contribution in [1.29, 1.82) is 0 Å². The molecule has 0 atom stereocenters. The summed E-state index contributed by atoms with van der Waals surface area (Å²) in [4.78, 5) is 2.35. The Bertz CT molecular complexity index is 598. The van der Waals surface area contributed by atoms with Gasteiger partial charge in [0, 0.05) is 36.0 Å². The number of rotatable bonds is 2. The molecule has 2 aromatic rings. The van der Waals surface area contributed by atoms with Gasteiger partial charge in [0.2, 0.25) is 0 Å². The third-order valence-electron chi connectivity index (χ3n) is 3.35. The molecule has 0 saturated heterocycles. The fourth-order valence-electron chi connectivity index (χ4n) is 2.41. The van der Waals surface area contributed by atoms with Crippen LogP contribution in [0.1, 0.15) is 0 Å². The van der Waals surface area contributed by atoms with E-state index >= 15 is 0 Å².